The smallest absolute Gasteiger partial charge is 0.410 e. The number of hydrogen-bond acceptors (Lipinski definition) is 3. The average Bonchev–Trinajstić information content (AvgIpc) is 2.87. The van der Waals surface area contributed by atoms with Gasteiger partial charge in [-0.2, -0.15) is 0 Å². The number of amides is 1. The van der Waals surface area contributed by atoms with Crippen LogP contribution in [0.5, 0.6) is 5.75 Å². The molecule has 6 rings (SSSR count). The van der Waals surface area contributed by atoms with Gasteiger partial charge in [0.05, 0.1) is 7.11 Å². The van der Waals surface area contributed by atoms with E-state index in [1.807, 2.05) is 54.4 Å². The summed E-state index contributed by atoms with van der Waals surface area (Å²) >= 11 is 0. The first kappa shape index (κ1) is 20.6. The minimum Gasteiger partial charge on any atom is -0.497 e. The van der Waals surface area contributed by atoms with E-state index in [9.17, 15) is 4.79 Å². The fraction of sp³-hybridized carbons (Fsp3) is 0.321. The van der Waals surface area contributed by atoms with Crippen molar-refractivity contribution >= 4 is 6.09 Å². The van der Waals surface area contributed by atoms with E-state index in [0.29, 0.717) is 24.4 Å². The molecule has 0 aromatic heterocycles. The molecule has 3 aromatic carbocycles. The van der Waals surface area contributed by atoms with Crippen LogP contribution >= 0.6 is 0 Å². The van der Waals surface area contributed by atoms with E-state index < -0.39 is 0 Å². The summed E-state index contributed by atoms with van der Waals surface area (Å²) in [5.41, 5.74) is 5.18. The summed E-state index contributed by atoms with van der Waals surface area (Å²) in [6.07, 6.45) is 1.74. The van der Waals surface area contributed by atoms with Crippen molar-refractivity contribution in [2.75, 3.05) is 14.2 Å². The third-order valence-electron chi connectivity index (χ3n) is 7.28. The second kappa shape index (κ2) is 8.70. The van der Waals surface area contributed by atoms with Crippen LogP contribution in [0.15, 0.2) is 78.9 Å². The molecule has 0 heterocycles. The lowest BCUT2D eigenvalue weighted by Crippen LogP contribution is -2.48. The maximum Gasteiger partial charge on any atom is 0.410 e. The molecule has 0 N–H and O–H groups in total. The molecule has 0 aliphatic heterocycles. The Hall–Kier alpha value is -3.27. The Labute approximate surface area is 189 Å². The third-order valence-corrected chi connectivity index (χ3v) is 7.28. The second-order valence-corrected chi connectivity index (χ2v) is 8.91. The molecular weight excluding hydrogens is 398 g/mol. The molecule has 3 aliphatic rings. The average molecular weight is 428 g/mol. The van der Waals surface area contributed by atoms with Crippen molar-refractivity contribution in [2.45, 2.75) is 43.2 Å². The van der Waals surface area contributed by atoms with Crippen molar-refractivity contribution in [1.29, 1.82) is 0 Å². The summed E-state index contributed by atoms with van der Waals surface area (Å²) in [5, 5.41) is 0. The molecule has 1 amide bonds. The largest absolute Gasteiger partial charge is 0.497 e. The zero-order chi connectivity index (χ0) is 22.1. The van der Waals surface area contributed by atoms with Gasteiger partial charge in [-0.15, -0.1) is 0 Å². The lowest BCUT2D eigenvalue weighted by molar-refractivity contribution is 0.0687. The number of nitrogens with zero attached hydrogens (tertiary/aromatic N) is 1. The van der Waals surface area contributed by atoms with Crippen molar-refractivity contribution < 1.29 is 14.3 Å². The van der Waals surface area contributed by atoms with Crippen molar-refractivity contribution in [1.82, 2.24) is 4.90 Å². The second-order valence-electron chi connectivity index (χ2n) is 8.91. The first-order chi connectivity index (χ1) is 15.7. The number of hydrogen-bond donors (Lipinski definition) is 0. The van der Waals surface area contributed by atoms with Crippen LogP contribution in [0, 0.1) is 0 Å². The summed E-state index contributed by atoms with van der Waals surface area (Å²) in [7, 11) is 3.59. The van der Waals surface area contributed by atoms with Crippen LogP contribution in [0.4, 0.5) is 4.79 Å². The molecule has 1 fully saturated rings. The number of ether oxygens (including phenoxy) is 2. The van der Waals surface area contributed by atoms with E-state index in [1.54, 1.807) is 7.11 Å². The third kappa shape index (κ3) is 3.75. The van der Waals surface area contributed by atoms with E-state index in [2.05, 4.69) is 36.4 Å². The Morgan fingerprint density at radius 3 is 2.19 bits per heavy atom. The maximum atomic E-state index is 12.9. The maximum absolute atomic E-state index is 12.9. The first-order valence-corrected chi connectivity index (χ1v) is 11.3. The zero-order valence-corrected chi connectivity index (χ0v) is 18.6. The molecule has 0 radical (unpaired) electrons. The number of likely N-dealkylation sites (N-methyl/N-ethyl adjacent to an activating group) is 1. The Morgan fingerprint density at radius 1 is 0.844 bits per heavy atom. The molecule has 4 heteroatoms. The predicted octanol–water partition coefficient (Wildman–Crippen LogP) is 6.09. The molecule has 3 aliphatic carbocycles. The van der Waals surface area contributed by atoms with Crippen LogP contribution in [0.2, 0.25) is 0 Å². The highest BCUT2D eigenvalue weighted by molar-refractivity contribution is 5.68. The summed E-state index contributed by atoms with van der Waals surface area (Å²) < 4.78 is 11.0. The molecule has 2 bridgehead atoms. The predicted molar refractivity (Wildman–Crippen MR) is 125 cm³/mol. The first-order valence-electron chi connectivity index (χ1n) is 11.3. The molecule has 1 saturated carbocycles. The Balaban J connectivity index is 1.36. The minimum atomic E-state index is -0.245. The van der Waals surface area contributed by atoms with Crippen LogP contribution in [-0.4, -0.2) is 31.2 Å². The molecule has 3 aromatic rings. The van der Waals surface area contributed by atoms with Gasteiger partial charge in [-0.25, -0.2) is 4.79 Å². The summed E-state index contributed by atoms with van der Waals surface area (Å²) in [6.45, 7) is 0.301. The highest BCUT2D eigenvalue weighted by atomic mass is 16.6. The van der Waals surface area contributed by atoms with Crippen molar-refractivity contribution in [3.63, 3.8) is 0 Å². The highest BCUT2D eigenvalue weighted by Crippen LogP contribution is 2.57. The number of benzene rings is 3. The fourth-order valence-corrected chi connectivity index (χ4v) is 5.65. The van der Waals surface area contributed by atoms with Gasteiger partial charge < -0.3 is 14.4 Å². The molecule has 4 atom stereocenters. The minimum absolute atomic E-state index is 0.146. The van der Waals surface area contributed by atoms with Crippen molar-refractivity contribution in [2.24, 2.45) is 0 Å². The van der Waals surface area contributed by atoms with E-state index in [-0.39, 0.29) is 12.1 Å². The lowest BCUT2D eigenvalue weighted by atomic mass is 9.58. The molecule has 32 heavy (non-hydrogen) atoms. The van der Waals surface area contributed by atoms with Gasteiger partial charge in [-0.05, 0) is 59.1 Å². The fourth-order valence-electron chi connectivity index (χ4n) is 5.65. The standard InChI is InChI=1S/C28H29NO3/c1-29(28(30)32-18-19-8-4-3-5-9-19)27-17-25-22-10-6-7-11-23(22)26(27)16-24(25)20-12-14-21(31-2)15-13-20/h3-15,24-27H,16-18H2,1-2H3/t24-,25-,26-,27-/m1/s1. The molecule has 4 nitrogen and oxygen atoms in total. The molecule has 164 valence electrons. The number of carbonyl (C=O) groups is 1. The van der Waals surface area contributed by atoms with Crippen molar-refractivity contribution in [3.8, 4) is 5.75 Å². The van der Waals surface area contributed by atoms with E-state index in [1.165, 1.54) is 16.7 Å². The Bertz CT molecular complexity index is 1080. The normalized spacial score (nSPS) is 23.3. The highest BCUT2D eigenvalue weighted by Gasteiger charge is 2.47. The topological polar surface area (TPSA) is 38.8 Å². The van der Waals surface area contributed by atoms with Gasteiger partial charge in [-0.3, -0.25) is 0 Å². The Kier molecular flexibility index (Phi) is 5.60. The molecule has 0 spiro atoms. The Morgan fingerprint density at radius 2 is 1.50 bits per heavy atom. The van der Waals surface area contributed by atoms with Crippen LogP contribution in [-0.2, 0) is 11.3 Å². The van der Waals surface area contributed by atoms with E-state index in [4.69, 9.17) is 9.47 Å². The number of methoxy groups -OCH3 is 1. The number of rotatable bonds is 5. The number of fused-ring (bicyclic) bond motifs is 2. The van der Waals surface area contributed by atoms with Gasteiger partial charge >= 0.3 is 6.09 Å². The van der Waals surface area contributed by atoms with E-state index >= 15 is 0 Å². The summed E-state index contributed by atoms with van der Waals surface area (Å²) in [6, 6.07) is 27.2. The van der Waals surface area contributed by atoms with E-state index in [0.717, 1.165) is 24.2 Å². The van der Waals surface area contributed by atoms with Crippen LogP contribution in [0.1, 0.15) is 52.8 Å². The van der Waals surface area contributed by atoms with Crippen molar-refractivity contribution in [3.05, 3.63) is 101 Å². The van der Waals surface area contributed by atoms with Crippen LogP contribution < -0.4 is 4.74 Å². The molecular formula is C28H29NO3. The van der Waals surface area contributed by atoms with Gasteiger partial charge in [0.1, 0.15) is 12.4 Å². The summed E-state index contributed by atoms with van der Waals surface area (Å²) in [4.78, 5) is 14.7. The van der Waals surface area contributed by atoms with Gasteiger partial charge in [0.2, 0.25) is 0 Å². The van der Waals surface area contributed by atoms with Crippen LogP contribution in [0.25, 0.3) is 0 Å². The number of carbonyl (C=O) groups excluding carboxylic acids is 1. The summed E-state index contributed by atoms with van der Waals surface area (Å²) in [5.74, 6) is 2.02. The monoisotopic (exact) mass is 427 g/mol. The van der Waals surface area contributed by atoms with Gasteiger partial charge in [0.25, 0.3) is 0 Å². The quantitative estimate of drug-likeness (QED) is 0.494. The van der Waals surface area contributed by atoms with Gasteiger partial charge in [0.15, 0.2) is 0 Å². The van der Waals surface area contributed by atoms with Gasteiger partial charge in [-0.1, -0.05) is 66.7 Å². The van der Waals surface area contributed by atoms with Gasteiger partial charge in [0, 0.05) is 19.0 Å². The lowest BCUT2D eigenvalue weighted by Gasteiger charge is -2.51. The molecule has 0 saturated heterocycles. The SMILES string of the molecule is COc1ccc([C@H]2C[C@@H]3c4ccccc4[C@H]2C[C@H]3N(C)C(=O)OCc2ccccc2)cc1. The molecule has 0 unspecified atom stereocenters. The van der Waals surface area contributed by atoms with Crippen LogP contribution in [0.3, 0.4) is 0 Å². The zero-order valence-electron chi connectivity index (χ0n) is 18.6.